The summed E-state index contributed by atoms with van der Waals surface area (Å²) >= 11 is 0. The molecule has 1 unspecified atom stereocenters. The molecule has 0 fully saturated rings. The molecule has 0 aliphatic rings. The molecule has 0 spiro atoms. The topological polar surface area (TPSA) is 29.1 Å². The van der Waals surface area contributed by atoms with Gasteiger partial charge in [0.2, 0.25) is 5.91 Å². The van der Waals surface area contributed by atoms with Gasteiger partial charge in [-0.2, -0.15) is 0 Å². The average Bonchev–Trinajstić information content (AvgIpc) is 2.68. The van der Waals surface area contributed by atoms with Crippen LogP contribution in [0.4, 0.5) is 5.69 Å². The molecule has 26 heavy (non-hydrogen) atoms. The number of carbonyl (C=O) groups is 1. The number of hydrogen-bond acceptors (Lipinski definition) is 1. The van der Waals surface area contributed by atoms with E-state index in [9.17, 15) is 4.79 Å². The molecule has 2 nitrogen and oxygen atoms in total. The molecule has 0 saturated carbocycles. The second-order valence-corrected chi connectivity index (χ2v) is 6.85. The fraction of sp³-hybridized carbons (Fsp3) is 0.208. The van der Waals surface area contributed by atoms with Gasteiger partial charge in [-0.3, -0.25) is 4.79 Å². The van der Waals surface area contributed by atoms with Gasteiger partial charge in [-0.15, -0.1) is 0 Å². The second kappa shape index (κ2) is 9.00. The molecular weight excluding hydrogens is 318 g/mol. The summed E-state index contributed by atoms with van der Waals surface area (Å²) in [5, 5.41) is 3.07. The predicted molar refractivity (Wildman–Crippen MR) is 108 cm³/mol. The second-order valence-electron chi connectivity index (χ2n) is 6.85. The van der Waals surface area contributed by atoms with Crippen LogP contribution in [-0.4, -0.2) is 5.91 Å². The van der Waals surface area contributed by atoms with E-state index in [0.29, 0.717) is 5.92 Å². The van der Waals surface area contributed by atoms with Crippen molar-refractivity contribution in [1.29, 1.82) is 0 Å². The van der Waals surface area contributed by atoms with Crippen molar-refractivity contribution >= 4 is 11.6 Å². The van der Waals surface area contributed by atoms with E-state index in [2.05, 4.69) is 36.5 Å². The maximum atomic E-state index is 13.0. The molecule has 3 rings (SSSR count). The Balaban J connectivity index is 1.74. The third-order valence-electron chi connectivity index (χ3n) is 4.62. The van der Waals surface area contributed by atoms with Gasteiger partial charge in [0.15, 0.2) is 0 Å². The minimum atomic E-state index is -0.157. The molecule has 0 heterocycles. The first-order chi connectivity index (χ1) is 12.7. The normalized spacial score (nSPS) is 13.0. The van der Waals surface area contributed by atoms with E-state index in [-0.39, 0.29) is 11.8 Å². The number of anilines is 1. The van der Waals surface area contributed by atoms with Crippen molar-refractivity contribution in [3.63, 3.8) is 0 Å². The predicted octanol–water partition coefficient (Wildman–Crippen LogP) is 5.68. The average molecular weight is 343 g/mol. The lowest BCUT2D eigenvalue weighted by Crippen LogP contribution is -2.23. The van der Waals surface area contributed by atoms with E-state index in [1.165, 1.54) is 5.56 Å². The first-order valence-electron chi connectivity index (χ1n) is 9.17. The van der Waals surface area contributed by atoms with Gasteiger partial charge in [0.25, 0.3) is 0 Å². The Morgan fingerprint density at radius 2 is 1.35 bits per heavy atom. The summed E-state index contributed by atoms with van der Waals surface area (Å²) in [5.41, 5.74) is 3.23. The van der Waals surface area contributed by atoms with Crippen LogP contribution in [0.25, 0.3) is 0 Å². The summed E-state index contributed by atoms with van der Waals surface area (Å²) in [6.07, 6.45) is 1.79. The van der Waals surface area contributed by atoms with Crippen LogP contribution in [0, 0.1) is 5.92 Å². The molecule has 2 atom stereocenters. The zero-order valence-electron chi connectivity index (χ0n) is 15.1. The molecule has 1 N–H and O–H groups in total. The highest BCUT2D eigenvalue weighted by molar-refractivity contribution is 5.95. The van der Waals surface area contributed by atoms with Gasteiger partial charge in [-0.1, -0.05) is 85.8 Å². The van der Waals surface area contributed by atoms with E-state index in [0.717, 1.165) is 24.1 Å². The Morgan fingerprint density at radius 1 is 0.808 bits per heavy atom. The van der Waals surface area contributed by atoms with Crippen molar-refractivity contribution in [2.75, 3.05) is 5.32 Å². The lowest BCUT2D eigenvalue weighted by Gasteiger charge is -2.21. The standard InChI is InChI=1S/C24H25NO/c1-19(17-20-11-5-2-6-12-20)18-23(21-13-7-3-8-14-21)24(26)25-22-15-9-4-10-16-22/h2-16,19,23H,17-18H2,1H3,(H,25,26)/t19?,23-/m0/s1. The van der Waals surface area contributed by atoms with E-state index >= 15 is 0 Å². The van der Waals surface area contributed by atoms with Crippen LogP contribution in [0.5, 0.6) is 0 Å². The molecule has 0 aliphatic carbocycles. The quantitative estimate of drug-likeness (QED) is 0.588. The Labute approximate surface area is 155 Å². The number of benzene rings is 3. The minimum absolute atomic E-state index is 0.0577. The molecule has 2 heteroatoms. The number of hydrogen-bond donors (Lipinski definition) is 1. The van der Waals surface area contributed by atoms with Crippen LogP contribution in [0.3, 0.4) is 0 Å². The van der Waals surface area contributed by atoms with Crippen LogP contribution >= 0.6 is 0 Å². The van der Waals surface area contributed by atoms with Crippen molar-refractivity contribution in [3.8, 4) is 0 Å². The van der Waals surface area contributed by atoms with Crippen LogP contribution in [0.15, 0.2) is 91.0 Å². The molecule has 0 bridgehead atoms. The van der Waals surface area contributed by atoms with Crippen LogP contribution in [-0.2, 0) is 11.2 Å². The smallest absolute Gasteiger partial charge is 0.231 e. The molecule has 132 valence electrons. The monoisotopic (exact) mass is 343 g/mol. The molecule has 0 radical (unpaired) electrons. The van der Waals surface area contributed by atoms with Gasteiger partial charge < -0.3 is 5.32 Å². The maximum absolute atomic E-state index is 13.0. The van der Waals surface area contributed by atoms with Crippen molar-refractivity contribution < 1.29 is 4.79 Å². The van der Waals surface area contributed by atoms with Crippen LogP contribution < -0.4 is 5.32 Å². The minimum Gasteiger partial charge on any atom is -0.326 e. The zero-order valence-corrected chi connectivity index (χ0v) is 15.1. The number of amides is 1. The third kappa shape index (κ3) is 5.06. The first-order valence-corrected chi connectivity index (χ1v) is 9.17. The fourth-order valence-electron chi connectivity index (χ4n) is 3.33. The highest BCUT2D eigenvalue weighted by Gasteiger charge is 2.23. The third-order valence-corrected chi connectivity index (χ3v) is 4.62. The Kier molecular flexibility index (Phi) is 6.21. The van der Waals surface area contributed by atoms with Crippen molar-refractivity contribution in [1.82, 2.24) is 0 Å². The molecule has 0 saturated heterocycles. The molecule has 0 aliphatic heterocycles. The summed E-state index contributed by atoms with van der Waals surface area (Å²) in [6, 6.07) is 30.2. The zero-order chi connectivity index (χ0) is 18.2. The molecule has 1 amide bonds. The van der Waals surface area contributed by atoms with Gasteiger partial charge in [0, 0.05) is 5.69 Å². The largest absolute Gasteiger partial charge is 0.326 e. The van der Waals surface area contributed by atoms with Gasteiger partial charge in [0.1, 0.15) is 0 Å². The van der Waals surface area contributed by atoms with Gasteiger partial charge in [-0.25, -0.2) is 0 Å². The summed E-state index contributed by atoms with van der Waals surface area (Å²) in [7, 11) is 0. The molecule has 3 aromatic rings. The number of rotatable bonds is 7. The Bertz CT molecular complexity index is 799. The Hall–Kier alpha value is -2.87. The summed E-state index contributed by atoms with van der Waals surface area (Å²) in [4.78, 5) is 13.0. The fourth-order valence-corrected chi connectivity index (χ4v) is 3.33. The highest BCUT2D eigenvalue weighted by atomic mass is 16.1. The van der Waals surface area contributed by atoms with Crippen molar-refractivity contribution in [3.05, 3.63) is 102 Å². The number of para-hydroxylation sites is 1. The van der Waals surface area contributed by atoms with Crippen molar-refractivity contribution in [2.45, 2.75) is 25.7 Å². The van der Waals surface area contributed by atoms with Crippen LogP contribution in [0.2, 0.25) is 0 Å². The summed E-state index contributed by atoms with van der Waals surface area (Å²) in [5.74, 6) is 0.307. The van der Waals surface area contributed by atoms with Crippen molar-refractivity contribution in [2.24, 2.45) is 5.92 Å². The van der Waals surface area contributed by atoms with Gasteiger partial charge >= 0.3 is 0 Å². The number of carbonyl (C=O) groups excluding carboxylic acids is 1. The molecular formula is C24H25NO. The van der Waals surface area contributed by atoms with E-state index < -0.39 is 0 Å². The van der Waals surface area contributed by atoms with E-state index in [1.807, 2.05) is 66.7 Å². The van der Waals surface area contributed by atoms with Gasteiger partial charge in [-0.05, 0) is 42.0 Å². The molecule has 0 aromatic heterocycles. The van der Waals surface area contributed by atoms with Crippen LogP contribution in [0.1, 0.15) is 30.4 Å². The highest BCUT2D eigenvalue weighted by Crippen LogP contribution is 2.27. The molecule has 3 aromatic carbocycles. The van der Waals surface area contributed by atoms with Gasteiger partial charge in [0.05, 0.1) is 5.92 Å². The summed E-state index contributed by atoms with van der Waals surface area (Å²) in [6.45, 7) is 2.22. The lowest BCUT2D eigenvalue weighted by molar-refractivity contribution is -0.118. The van der Waals surface area contributed by atoms with E-state index in [4.69, 9.17) is 0 Å². The maximum Gasteiger partial charge on any atom is 0.231 e. The Morgan fingerprint density at radius 3 is 1.96 bits per heavy atom. The first kappa shape index (κ1) is 17.9. The van der Waals surface area contributed by atoms with E-state index in [1.54, 1.807) is 0 Å². The SMILES string of the molecule is CC(Cc1ccccc1)C[C@H](C(=O)Nc1ccccc1)c1ccccc1. The summed E-state index contributed by atoms with van der Waals surface area (Å²) < 4.78 is 0. The number of nitrogens with one attached hydrogen (secondary N) is 1. The lowest BCUT2D eigenvalue weighted by atomic mass is 9.86.